The molecule has 4 heteroatoms. The van der Waals surface area contributed by atoms with Crippen LogP contribution in [0.4, 0.5) is 0 Å². The second kappa shape index (κ2) is 6.86. The summed E-state index contributed by atoms with van der Waals surface area (Å²) in [4.78, 5) is 16.8. The van der Waals surface area contributed by atoms with Crippen molar-refractivity contribution in [2.45, 2.75) is 13.8 Å². The number of piperazine rings is 1. The van der Waals surface area contributed by atoms with Gasteiger partial charge < -0.3 is 10.6 Å². The van der Waals surface area contributed by atoms with E-state index in [2.05, 4.69) is 11.8 Å². The lowest BCUT2D eigenvalue weighted by molar-refractivity contribution is 0.0622. The third kappa shape index (κ3) is 3.81. The summed E-state index contributed by atoms with van der Waals surface area (Å²) >= 11 is 0. The zero-order chi connectivity index (χ0) is 14.5. The highest BCUT2D eigenvalue weighted by molar-refractivity contribution is 5.94. The molecule has 2 N–H and O–H groups in total. The van der Waals surface area contributed by atoms with Crippen LogP contribution in [0.5, 0.6) is 0 Å². The molecule has 110 valence electrons. The summed E-state index contributed by atoms with van der Waals surface area (Å²) in [5, 5.41) is 0. The van der Waals surface area contributed by atoms with Crippen molar-refractivity contribution in [3.8, 4) is 0 Å². The van der Waals surface area contributed by atoms with Gasteiger partial charge in [0.25, 0.3) is 5.91 Å². The maximum absolute atomic E-state index is 12.4. The number of hydrogen-bond acceptors (Lipinski definition) is 3. The van der Waals surface area contributed by atoms with Crippen molar-refractivity contribution in [2.75, 3.05) is 39.3 Å². The van der Waals surface area contributed by atoms with E-state index >= 15 is 0 Å². The maximum atomic E-state index is 12.4. The van der Waals surface area contributed by atoms with E-state index in [0.717, 1.165) is 50.4 Å². The van der Waals surface area contributed by atoms with Crippen LogP contribution in [0.2, 0.25) is 0 Å². The zero-order valence-electron chi connectivity index (χ0n) is 12.5. The number of amides is 1. The van der Waals surface area contributed by atoms with E-state index in [-0.39, 0.29) is 5.91 Å². The highest BCUT2D eigenvalue weighted by atomic mass is 16.2. The van der Waals surface area contributed by atoms with Gasteiger partial charge >= 0.3 is 0 Å². The second-order valence-corrected chi connectivity index (χ2v) is 5.80. The van der Waals surface area contributed by atoms with E-state index in [1.54, 1.807) is 0 Å². The Morgan fingerprint density at radius 3 is 2.60 bits per heavy atom. The number of carbonyl (C=O) groups excluding carboxylic acids is 1. The van der Waals surface area contributed by atoms with Crippen molar-refractivity contribution in [2.24, 2.45) is 11.7 Å². The molecule has 2 rings (SSSR count). The number of nitrogens with two attached hydrogens (primary N) is 1. The third-order valence-electron chi connectivity index (χ3n) is 3.90. The predicted octanol–water partition coefficient (Wildman–Crippen LogP) is 1.35. The fourth-order valence-electron chi connectivity index (χ4n) is 2.61. The molecule has 1 aliphatic heterocycles. The first-order valence-corrected chi connectivity index (χ1v) is 7.38. The molecule has 1 atom stereocenters. The molecule has 1 aromatic carbocycles. The Kier molecular flexibility index (Phi) is 5.15. The average Bonchev–Trinajstić information content (AvgIpc) is 2.47. The lowest BCUT2D eigenvalue weighted by Crippen LogP contribution is -2.50. The van der Waals surface area contributed by atoms with E-state index in [4.69, 9.17) is 5.73 Å². The summed E-state index contributed by atoms with van der Waals surface area (Å²) in [5.41, 5.74) is 7.59. The fraction of sp³-hybridized carbons (Fsp3) is 0.562. The molecule has 20 heavy (non-hydrogen) atoms. The Hall–Kier alpha value is -1.39. The number of nitrogens with zero attached hydrogens (tertiary/aromatic N) is 2. The van der Waals surface area contributed by atoms with Gasteiger partial charge in [0.1, 0.15) is 0 Å². The van der Waals surface area contributed by atoms with Crippen LogP contribution in [-0.2, 0) is 0 Å². The molecule has 1 heterocycles. The van der Waals surface area contributed by atoms with Gasteiger partial charge in [-0.2, -0.15) is 0 Å². The summed E-state index contributed by atoms with van der Waals surface area (Å²) in [7, 11) is 0. The van der Waals surface area contributed by atoms with Crippen molar-refractivity contribution >= 4 is 5.91 Å². The molecule has 0 spiro atoms. The maximum Gasteiger partial charge on any atom is 0.253 e. The molecular weight excluding hydrogens is 250 g/mol. The number of rotatable bonds is 4. The number of hydrogen-bond donors (Lipinski definition) is 1. The van der Waals surface area contributed by atoms with Crippen molar-refractivity contribution in [3.05, 3.63) is 35.4 Å². The fourth-order valence-corrected chi connectivity index (χ4v) is 2.61. The molecule has 4 nitrogen and oxygen atoms in total. The highest BCUT2D eigenvalue weighted by Gasteiger charge is 2.22. The smallest absolute Gasteiger partial charge is 0.253 e. The quantitative estimate of drug-likeness (QED) is 0.902. The summed E-state index contributed by atoms with van der Waals surface area (Å²) in [6.07, 6.45) is 0. The minimum atomic E-state index is 0.153. The van der Waals surface area contributed by atoms with Crippen LogP contribution in [0.3, 0.4) is 0 Å². The Labute approximate surface area is 121 Å². The van der Waals surface area contributed by atoms with Crippen LogP contribution in [0.1, 0.15) is 22.8 Å². The monoisotopic (exact) mass is 275 g/mol. The molecule has 0 radical (unpaired) electrons. The van der Waals surface area contributed by atoms with Crippen molar-refractivity contribution in [1.82, 2.24) is 9.80 Å². The van der Waals surface area contributed by atoms with Gasteiger partial charge in [0.05, 0.1) is 0 Å². The SMILES string of the molecule is Cc1cccc(C(=O)N2CCN(CC(C)CN)CC2)c1. The molecule has 0 aliphatic carbocycles. The molecule has 1 saturated heterocycles. The lowest BCUT2D eigenvalue weighted by atomic mass is 10.1. The molecular formula is C16H25N3O. The Balaban J connectivity index is 1.89. The van der Waals surface area contributed by atoms with Crippen LogP contribution in [0.15, 0.2) is 24.3 Å². The van der Waals surface area contributed by atoms with Gasteiger partial charge in [-0.15, -0.1) is 0 Å². The summed E-state index contributed by atoms with van der Waals surface area (Å²) in [5.74, 6) is 0.675. The van der Waals surface area contributed by atoms with E-state index in [1.165, 1.54) is 0 Å². The summed E-state index contributed by atoms with van der Waals surface area (Å²) < 4.78 is 0. The van der Waals surface area contributed by atoms with Crippen molar-refractivity contribution in [1.29, 1.82) is 0 Å². The summed E-state index contributed by atoms with van der Waals surface area (Å²) in [6, 6.07) is 7.83. The van der Waals surface area contributed by atoms with Crippen LogP contribution >= 0.6 is 0 Å². The summed E-state index contributed by atoms with van der Waals surface area (Å²) in [6.45, 7) is 9.45. The van der Waals surface area contributed by atoms with E-state index in [9.17, 15) is 4.79 Å². The van der Waals surface area contributed by atoms with E-state index in [0.29, 0.717) is 5.92 Å². The van der Waals surface area contributed by atoms with Crippen LogP contribution in [-0.4, -0.2) is 55.0 Å². The van der Waals surface area contributed by atoms with Gasteiger partial charge in [-0.3, -0.25) is 9.69 Å². The van der Waals surface area contributed by atoms with Crippen molar-refractivity contribution in [3.63, 3.8) is 0 Å². The lowest BCUT2D eigenvalue weighted by Gasteiger charge is -2.35. The van der Waals surface area contributed by atoms with E-state index in [1.807, 2.05) is 36.1 Å². The third-order valence-corrected chi connectivity index (χ3v) is 3.90. The standard InChI is InChI=1S/C16H25N3O/c1-13-4-3-5-15(10-13)16(20)19-8-6-18(7-9-19)12-14(2)11-17/h3-5,10,14H,6-9,11-12,17H2,1-2H3. The molecule has 1 amide bonds. The molecule has 1 fully saturated rings. The molecule has 0 bridgehead atoms. The van der Waals surface area contributed by atoms with Crippen LogP contribution in [0, 0.1) is 12.8 Å². The number of benzene rings is 1. The topological polar surface area (TPSA) is 49.6 Å². The van der Waals surface area contributed by atoms with Gasteiger partial charge in [-0.05, 0) is 31.5 Å². The van der Waals surface area contributed by atoms with Gasteiger partial charge in [-0.1, -0.05) is 24.6 Å². The normalized spacial score (nSPS) is 18.1. The number of aryl methyl sites for hydroxylation is 1. The second-order valence-electron chi connectivity index (χ2n) is 5.80. The number of carbonyl (C=O) groups is 1. The van der Waals surface area contributed by atoms with Gasteiger partial charge in [-0.25, -0.2) is 0 Å². The zero-order valence-corrected chi connectivity index (χ0v) is 12.5. The van der Waals surface area contributed by atoms with Gasteiger partial charge in [0.2, 0.25) is 0 Å². The largest absolute Gasteiger partial charge is 0.336 e. The Morgan fingerprint density at radius 1 is 1.30 bits per heavy atom. The Bertz CT molecular complexity index is 453. The first-order chi connectivity index (χ1) is 9.60. The highest BCUT2D eigenvalue weighted by Crippen LogP contribution is 2.11. The molecule has 0 saturated carbocycles. The molecule has 1 unspecified atom stereocenters. The molecule has 1 aliphatic rings. The average molecular weight is 275 g/mol. The van der Waals surface area contributed by atoms with Crippen LogP contribution < -0.4 is 5.73 Å². The molecule has 1 aromatic rings. The first kappa shape index (κ1) is 15.0. The van der Waals surface area contributed by atoms with Gasteiger partial charge in [0.15, 0.2) is 0 Å². The predicted molar refractivity (Wildman–Crippen MR) is 81.7 cm³/mol. The minimum absolute atomic E-state index is 0.153. The minimum Gasteiger partial charge on any atom is -0.336 e. The van der Waals surface area contributed by atoms with Gasteiger partial charge in [0, 0.05) is 38.3 Å². The molecule has 0 aromatic heterocycles. The first-order valence-electron chi connectivity index (χ1n) is 7.38. The van der Waals surface area contributed by atoms with Crippen LogP contribution in [0.25, 0.3) is 0 Å². The Morgan fingerprint density at radius 2 is 2.00 bits per heavy atom. The van der Waals surface area contributed by atoms with Crippen molar-refractivity contribution < 1.29 is 4.79 Å². The van der Waals surface area contributed by atoms with E-state index < -0.39 is 0 Å².